The number of para-hydroxylation sites is 1. The number of hydrogen-bond donors (Lipinski definition) is 2. The second kappa shape index (κ2) is 7.05. The smallest absolute Gasteiger partial charge is 0.271 e. The standard InChI is InChI=1S/C20H18N2O3/c21-19(24)18-17(23)13-16(12-11-14-7-3-1-4-8-14)22(20(18)25)15-9-5-2-6-10-15/h1-10,13,23H,11-12H2,(H2,21,24). The summed E-state index contributed by atoms with van der Waals surface area (Å²) >= 11 is 0. The third-order valence-electron chi connectivity index (χ3n) is 4.04. The molecule has 3 aromatic rings. The molecule has 0 bridgehead atoms. The first-order chi connectivity index (χ1) is 12.1. The Bertz CT molecular complexity index is 948. The van der Waals surface area contributed by atoms with Gasteiger partial charge in [-0.1, -0.05) is 48.5 Å². The van der Waals surface area contributed by atoms with Crippen molar-refractivity contribution in [1.29, 1.82) is 0 Å². The Morgan fingerprint density at radius 2 is 1.56 bits per heavy atom. The topological polar surface area (TPSA) is 85.3 Å². The monoisotopic (exact) mass is 334 g/mol. The van der Waals surface area contributed by atoms with Crippen molar-refractivity contribution in [3.8, 4) is 11.4 Å². The van der Waals surface area contributed by atoms with E-state index in [0.717, 1.165) is 5.56 Å². The Morgan fingerprint density at radius 1 is 0.960 bits per heavy atom. The molecule has 0 aliphatic heterocycles. The van der Waals surface area contributed by atoms with E-state index in [1.54, 1.807) is 24.3 Å². The fourth-order valence-corrected chi connectivity index (χ4v) is 2.84. The van der Waals surface area contributed by atoms with Gasteiger partial charge in [-0.3, -0.25) is 14.2 Å². The van der Waals surface area contributed by atoms with E-state index in [9.17, 15) is 14.7 Å². The average molecular weight is 334 g/mol. The number of amides is 1. The van der Waals surface area contributed by atoms with Gasteiger partial charge in [-0.25, -0.2) is 0 Å². The molecular weight excluding hydrogens is 316 g/mol. The van der Waals surface area contributed by atoms with E-state index in [-0.39, 0.29) is 5.75 Å². The summed E-state index contributed by atoms with van der Waals surface area (Å²) in [6, 6.07) is 20.3. The maximum Gasteiger partial charge on any atom is 0.271 e. The predicted molar refractivity (Wildman–Crippen MR) is 96.1 cm³/mol. The fourth-order valence-electron chi connectivity index (χ4n) is 2.84. The van der Waals surface area contributed by atoms with Crippen molar-refractivity contribution in [2.75, 3.05) is 0 Å². The van der Waals surface area contributed by atoms with Crippen LogP contribution in [-0.2, 0) is 12.8 Å². The zero-order valence-corrected chi connectivity index (χ0v) is 13.6. The van der Waals surface area contributed by atoms with Gasteiger partial charge in [0.25, 0.3) is 11.5 Å². The minimum Gasteiger partial charge on any atom is -0.507 e. The first kappa shape index (κ1) is 16.5. The summed E-state index contributed by atoms with van der Waals surface area (Å²) in [6.45, 7) is 0. The van der Waals surface area contributed by atoms with Crippen molar-refractivity contribution in [1.82, 2.24) is 4.57 Å². The molecule has 0 unspecified atom stereocenters. The highest BCUT2D eigenvalue weighted by Gasteiger charge is 2.19. The summed E-state index contributed by atoms with van der Waals surface area (Å²) in [5, 5.41) is 10.1. The third-order valence-corrected chi connectivity index (χ3v) is 4.04. The molecule has 0 fully saturated rings. The van der Waals surface area contributed by atoms with Crippen LogP contribution in [0.4, 0.5) is 0 Å². The average Bonchev–Trinajstić information content (AvgIpc) is 2.61. The van der Waals surface area contributed by atoms with Gasteiger partial charge in [-0.15, -0.1) is 0 Å². The highest BCUT2D eigenvalue weighted by Crippen LogP contribution is 2.19. The van der Waals surface area contributed by atoms with E-state index in [4.69, 9.17) is 5.73 Å². The van der Waals surface area contributed by atoms with Crippen LogP contribution < -0.4 is 11.3 Å². The second-order valence-corrected chi connectivity index (χ2v) is 5.72. The molecule has 0 spiro atoms. The highest BCUT2D eigenvalue weighted by molar-refractivity contribution is 5.95. The number of carbonyl (C=O) groups excluding carboxylic acids is 1. The molecule has 0 saturated heterocycles. The van der Waals surface area contributed by atoms with Crippen molar-refractivity contribution in [3.63, 3.8) is 0 Å². The van der Waals surface area contributed by atoms with E-state index in [0.29, 0.717) is 24.2 Å². The summed E-state index contributed by atoms with van der Waals surface area (Å²) < 4.78 is 1.43. The lowest BCUT2D eigenvalue weighted by Gasteiger charge is -2.15. The van der Waals surface area contributed by atoms with Gasteiger partial charge in [0.15, 0.2) is 0 Å². The number of aromatic nitrogens is 1. The number of pyridine rings is 1. The Morgan fingerprint density at radius 3 is 2.16 bits per heavy atom. The maximum atomic E-state index is 12.8. The summed E-state index contributed by atoms with van der Waals surface area (Å²) in [5.41, 5.74) is 6.61. The number of aryl methyl sites for hydroxylation is 2. The van der Waals surface area contributed by atoms with E-state index in [1.807, 2.05) is 36.4 Å². The van der Waals surface area contributed by atoms with Crippen molar-refractivity contribution in [2.45, 2.75) is 12.8 Å². The summed E-state index contributed by atoms with van der Waals surface area (Å²) in [4.78, 5) is 24.3. The molecule has 0 atom stereocenters. The van der Waals surface area contributed by atoms with Crippen molar-refractivity contribution >= 4 is 5.91 Å². The van der Waals surface area contributed by atoms with Gasteiger partial charge in [-0.2, -0.15) is 0 Å². The molecule has 0 aliphatic carbocycles. The molecule has 2 aromatic carbocycles. The van der Waals surface area contributed by atoms with Crippen LogP contribution in [0.25, 0.3) is 5.69 Å². The van der Waals surface area contributed by atoms with Gasteiger partial charge in [0, 0.05) is 17.4 Å². The van der Waals surface area contributed by atoms with Crippen LogP contribution in [-0.4, -0.2) is 15.6 Å². The Hall–Kier alpha value is -3.34. The molecular formula is C20H18N2O3. The molecule has 25 heavy (non-hydrogen) atoms. The number of benzene rings is 2. The zero-order chi connectivity index (χ0) is 17.8. The van der Waals surface area contributed by atoms with Gasteiger partial charge in [0.2, 0.25) is 0 Å². The molecule has 1 heterocycles. The minimum absolute atomic E-state index is 0.382. The van der Waals surface area contributed by atoms with E-state index in [1.165, 1.54) is 10.6 Å². The Labute approximate surface area is 145 Å². The molecule has 0 saturated carbocycles. The van der Waals surface area contributed by atoms with Gasteiger partial charge in [-0.05, 0) is 30.5 Å². The lowest BCUT2D eigenvalue weighted by Crippen LogP contribution is -2.30. The number of nitrogens with zero attached hydrogens (tertiary/aromatic N) is 1. The van der Waals surface area contributed by atoms with Gasteiger partial charge < -0.3 is 10.8 Å². The van der Waals surface area contributed by atoms with Crippen LogP contribution in [0.5, 0.6) is 5.75 Å². The quantitative estimate of drug-likeness (QED) is 0.751. The second-order valence-electron chi connectivity index (χ2n) is 5.72. The van der Waals surface area contributed by atoms with Crippen LogP contribution in [0.2, 0.25) is 0 Å². The molecule has 126 valence electrons. The molecule has 1 aromatic heterocycles. The highest BCUT2D eigenvalue weighted by atomic mass is 16.3. The predicted octanol–water partition coefficient (Wildman–Crippen LogP) is 2.43. The molecule has 0 aliphatic rings. The SMILES string of the molecule is NC(=O)c1c(O)cc(CCc2ccccc2)n(-c2ccccc2)c1=O. The van der Waals surface area contributed by atoms with Crippen molar-refractivity contribution in [3.05, 3.63) is 93.9 Å². The lowest BCUT2D eigenvalue weighted by atomic mass is 10.1. The molecule has 3 rings (SSSR count). The van der Waals surface area contributed by atoms with Gasteiger partial charge in [0.1, 0.15) is 11.3 Å². The van der Waals surface area contributed by atoms with E-state index >= 15 is 0 Å². The van der Waals surface area contributed by atoms with E-state index < -0.39 is 17.0 Å². The number of rotatable bonds is 5. The molecule has 0 radical (unpaired) electrons. The fraction of sp³-hybridized carbons (Fsp3) is 0.100. The first-order valence-electron chi connectivity index (χ1n) is 7.95. The minimum atomic E-state index is -0.943. The summed E-state index contributed by atoms with van der Waals surface area (Å²) in [7, 11) is 0. The van der Waals surface area contributed by atoms with Crippen LogP contribution >= 0.6 is 0 Å². The van der Waals surface area contributed by atoms with Gasteiger partial charge >= 0.3 is 0 Å². The first-order valence-corrected chi connectivity index (χ1v) is 7.95. The normalized spacial score (nSPS) is 10.6. The summed E-state index contributed by atoms with van der Waals surface area (Å²) in [5.74, 6) is -1.32. The summed E-state index contributed by atoms with van der Waals surface area (Å²) in [6.07, 6.45) is 1.23. The molecule has 5 heteroatoms. The number of aromatic hydroxyl groups is 1. The van der Waals surface area contributed by atoms with Crippen LogP contribution in [0.15, 0.2) is 71.5 Å². The number of nitrogens with two attached hydrogens (primary N) is 1. The molecule has 5 nitrogen and oxygen atoms in total. The Balaban J connectivity index is 2.10. The van der Waals surface area contributed by atoms with Crippen LogP contribution in [0, 0.1) is 0 Å². The largest absolute Gasteiger partial charge is 0.507 e. The molecule has 1 amide bonds. The van der Waals surface area contributed by atoms with Crippen LogP contribution in [0.1, 0.15) is 21.6 Å². The third kappa shape index (κ3) is 3.45. The Kier molecular flexibility index (Phi) is 4.66. The van der Waals surface area contributed by atoms with E-state index in [2.05, 4.69) is 0 Å². The number of carbonyl (C=O) groups is 1. The lowest BCUT2D eigenvalue weighted by molar-refractivity contribution is 0.0996. The molecule has 3 N–H and O–H groups in total. The van der Waals surface area contributed by atoms with Crippen molar-refractivity contribution in [2.24, 2.45) is 5.73 Å². The van der Waals surface area contributed by atoms with Gasteiger partial charge in [0.05, 0.1) is 0 Å². The number of primary amides is 1. The zero-order valence-electron chi connectivity index (χ0n) is 13.6. The van der Waals surface area contributed by atoms with Crippen LogP contribution in [0.3, 0.4) is 0 Å². The number of hydrogen-bond acceptors (Lipinski definition) is 3. The maximum absolute atomic E-state index is 12.8. The van der Waals surface area contributed by atoms with Crippen molar-refractivity contribution < 1.29 is 9.90 Å².